The first kappa shape index (κ1) is 14.3. The van der Waals surface area contributed by atoms with E-state index in [1.165, 1.54) is 0 Å². The number of pyridine rings is 1. The van der Waals surface area contributed by atoms with Crippen LogP contribution in [0.2, 0.25) is 0 Å². The molecule has 4 nitrogen and oxygen atoms in total. The largest absolute Gasteiger partial charge is 0.383 e. The minimum absolute atomic E-state index is 0.0186. The number of hydrogen-bond acceptors (Lipinski definition) is 3. The molecule has 0 bridgehead atoms. The number of amides is 1. The first-order chi connectivity index (χ1) is 9.43. The third kappa shape index (κ3) is 2.46. The van der Waals surface area contributed by atoms with Gasteiger partial charge in [-0.15, -0.1) is 0 Å². The topological polar surface area (TPSA) is 59.2 Å². The molecule has 2 aromatic rings. The van der Waals surface area contributed by atoms with Gasteiger partial charge in [0.1, 0.15) is 5.82 Å². The average Bonchev–Trinajstić information content (AvgIpc) is 2.45. The highest BCUT2D eigenvalue weighted by molar-refractivity contribution is 6.08. The standard InChI is InChI=1S/C16H21N3O/c1-10(2)11(3)19(4)16(20)14-9-18-15(17)13-8-6-5-7-12(13)14/h5-11H,1-4H3,(H2,17,18). The van der Waals surface area contributed by atoms with Gasteiger partial charge in [0.05, 0.1) is 5.56 Å². The van der Waals surface area contributed by atoms with Crippen LogP contribution in [0.4, 0.5) is 5.82 Å². The average molecular weight is 271 g/mol. The van der Waals surface area contributed by atoms with Crippen molar-refractivity contribution >= 4 is 22.5 Å². The minimum atomic E-state index is -0.0186. The Morgan fingerprint density at radius 2 is 1.80 bits per heavy atom. The van der Waals surface area contributed by atoms with E-state index in [0.717, 1.165) is 10.8 Å². The zero-order chi connectivity index (χ0) is 14.9. The van der Waals surface area contributed by atoms with E-state index in [4.69, 9.17) is 5.73 Å². The number of nitrogens with zero attached hydrogens (tertiary/aromatic N) is 2. The minimum Gasteiger partial charge on any atom is -0.383 e. The molecular formula is C16H21N3O. The quantitative estimate of drug-likeness (QED) is 0.933. The monoisotopic (exact) mass is 271 g/mol. The third-order valence-electron chi connectivity index (χ3n) is 3.95. The molecule has 4 heteroatoms. The summed E-state index contributed by atoms with van der Waals surface area (Å²) in [5.41, 5.74) is 6.48. The fraction of sp³-hybridized carbons (Fsp3) is 0.375. The normalized spacial score (nSPS) is 12.7. The van der Waals surface area contributed by atoms with Crippen molar-refractivity contribution in [3.63, 3.8) is 0 Å². The molecule has 1 heterocycles. The molecule has 106 valence electrons. The van der Waals surface area contributed by atoms with Gasteiger partial charge in [-0.1, -0.05) is 38.1 Å². The Morgan fingerprint density at radius 1 is 1.20 bits per heavy atom. The van der Waals surface area contributed by atoms with Crippen molar-refractivity contribution in [2.24, 2.45) is 5.92 Å². The molecular weight excluding hydrogens is 250 g/mol. The van der Waals surface area contributed by atoms with Gasteiger partial charge in [0, 0.05) is 24.7 Å². The number of aromatic nitrogens is 1. The number of benzene rings is 1. The number of fused-ring (bicyclic) bond motifs is 1. The number of anilines is 1. The van der Waals surface area contributed by atoms with Crippen molar-refractivity contribution in [2.45, 2.75) is 26.8 Å². The molecule has 0 saturated carbocycles. The van der Waals surface area contributed by atoms with E-state index < -0.39 is 0 Å². The van der Waals surface area contributed by atoms with E-state index >= 15 is 0 Å². The maximum Gasteiger partial charge on any atom is 0.256 e. The number of carbonyl (C=O) groups excluding carboxylic acids is 1. The van der Waals surface area contributed by atoms with Gasteiger partial charge < -0.3 is 10.6 Å². The lowest BCUT2D eigenvalue weighted by Gasteiger charge is -2.28. The second-order valence-electron chi connectivity index (χ2n) is 5.50. The highest BCUT2D eigenvalue weighted by Gasteiger charge is 2.22. The lowest BCUT2D eigenvalue weighted by atomic mass is 10.0. The van der Waals surface area contributed by atoms with Crippen molar-refractivity contribution in [1.82, 2.24) is 9.88 Å². The summed E-state index contributed by atoms with van der Waals surface area (Å²) in [6.07, 6.45) is 1.57. The third-order valence-corrected chi connectivity index (χ3v) is 3.95. The maximum absolute atomic E-state index is 12.7. The van der Waals surface area contributed by atoms with Crippen LogP contribution in [0.25, 0.3) is 10.8 Å². The molecule has 2 rings (SSSR count). The van der Waals surface area contributed by atoms with E-state index in [1.54, 1.807) is 11.1 Å². The van der Waals surface area contributed by atoms with Crippen LogP contribution in [-0.4, -0.2) is 28.9 Å². The summed E-state index contributed by atoms with van der Waals surface area (Å²) >= 11 is 0. The number of rotatable bonds is 3. The lowest BCUT2D eigenvalue weighted by Crippen LogP contribution is -2.38. The fourth-order valence-corrected chi connectivity index (χ4v) is 2.21. The number of hydrogen-bond donors (Lipinski definition) is 1. The van der Waals surface area contributed by atoms with Crippen molar-refractivity contribution in [2.75, 3.05) is 12.8 Å². The molecule has 20 heavy (non-hydrogen) atoms. The summed E-state index contributed by atoms with van der Waals surface area (Å²) in [7, 11) is 1.83. The predicted octanol–water partition coefficient (Wildman–Crippen LogP) is 2.93. The van der Waals surface area contributed by atoms with Gasteiger partial charge >= 0.3 is 0 Å². The summed E-state index contributed by atoms with van der Waals surface area (Å²) in [5, 5.41) is 1.68. The van der Waals surface area contributed by atoms with Crippen LogP contribution in [0, 0.1) is 5.92 Å². The highest BCUT2D eigenvalue weighted by Crippen LogP contribution is 2.24. The smallest absolute Gasteiger partial charge is 0.256 e. The van der Waals surface area contributed by atoms with Crippen LogP contribution in [0.3, 0.4) is 0 Å². The van der Waals surface area contributed by atoms with E-state index in [2.05, 4.69) is 25.8 Å². The molecule has 1 unspecified atom stereocenters. The molecule has 0 aliphatic carbocycles. The highest BCUT2D eigenvalue weighted by atomic mass is 16.2. The van der Waals surface area contributed by atoms with Crippen LogP contribution < -0.4 is 5.73 Å². The summed E-state index contributed by atoms with van der Waals surface area (Å²) < 4.78 is 0. The van der Waals surface area contributed by atoms with Crippen LogP contribution in [0.5, 0.6) is 0 Å². The number of carbonyl (C=O) groups is 1. The summed E-state index contributed by atoms with van der Waals surface area (Å²) in [4.78, 5) is 18.6. The first-order valence-electron chi connectivity index (χ1n) is 6.84. The molecule has 1 amide bonds. The Hall–Kier alpha value is -2.10. The molecule has 0 aliphatic heterocycles. The maximum atomic E-state index is 12.7. The van der Waals surface area contributed by atoms with Crippen LogP contribution in [-0.2, 0) is 0 Å². The zero-order valence-corrected chi connectivity index (χ0v) is 12.4. The zero-order valence-electron chi connectivity index (χ0n) is 12.4. The Kier molecular flexibility index (Phi) is 3.93. The van der Waals surface area contributed by atoms with Crippen molar-refractivity contribution < 1.29 is 4.79 Å². The lowest BCUT2D eigenvalue weighted by molar-refractivity contribution is 0.0709. The molecule has 0 spiro atoms. The van der Waals surface area contributed by atoms with Crippen LogP contribution in [0.1, 0.15) is 31.1 Å². The predicted molar refractivity (Wildman–Crippen MR) is 82.5 cm³/mol. The molecule has 1 aromatic carbocycles. The van der Waals surface area contributed by atoms with Crippen molar-refractivity contribution in [3.8, 4) is 0 Å². The number of nitrogen functional groups attached to an aromatic ring is 1. The molecule has 1 aromatic heterocycles. The van der Waals surface area contributed by atoms with E-state index in [9.17, 15) is 4.79 Å². The summed E-state index contributed by atoms with van der Waals surface area (Å²) in [6, 6.07) is 7.77. The van der Waals surface area contributed by atoms with Gasteiger partial charge in [0.15, 0.2) is 0 Å². The van der Waals surface area contributed by atoms with Gasteiger partial charge in [0.25, 0.3) is 5.91 Å². The Morgan fingerprint density at radius 3 is 2.40 bits per heavy atom. The summed E-state index contributed by atoms with van der Waals surface area (Å²) in [6.45, 7) is 6.26. The van der Waals surface area contributed by atoms with Crippen LogP contribution in [0.15, 0.2) is 30.5 Å². The second kappa shape index (κ2) is 5.49. The fourth-order valence-electron chi connectivity index (χ4n) is 2.21. The Labute approximate surface area is 119 Å². The molecule has 1 atom stereocenters. The number of nitrogens with two attached hydrogens (primary N) is 1. The van der Waals surface area contributed by atoms with Gasteiger partial charge in [-0.2, -0.15) is 0 Å². The van der Waals surface area contributed by atoms with Crippen LogP contribution >= 0.6 is 0 Å². The molecule has 0 fully saturated rings. The van der Waals surface area contributed by atoms with Crippen molar-refractivity contribution in [1.29, 1.82) is 0 Å². The molecule has 2 N–H and O–H groups in total. The van der Waals surface area contributed by atoms with E-state index in [1.807, 2.05) is 31.3 Å². The van der Waals surface area contributed by atoms with Gasteiger partial charge in [-0.05, 0) is 18.2 Å². The molecule has 0 radical (unpaired) electrons. The second-order valence-corrected chi connectivity index (χ2v) is 5.50. The van der Waals surface area contributed by atoms with Crippen molar-refractivity contribution in [3.05, 3.63) is 36.0 Å². The van der Waals surface area contributed by atoms with Gasteiger partial charge in [-0.3, -0.25) is 4.79 Å². The van der Waals surface area contributed by atoms with Gasteiger partial charge in [0.2, 0.25) is 0 Å². The molecule has 0 aliphatic rings. The van der Waals surface area contributed by atoms with Gasteiger partial charge in [-0.25, -0.2) is 4.98 Å². The molecule has 0 saturated heterocycles. The van der Waals surface area contributed by atoms with E-state index in [-0.39, 0.29) is 11.9 Å². The van der Waals surface area contributed by atoms with E-state index in [0.29, 0.717) is 17.3 Å². The summed E-state index contributed by atoms with van der Waals surface area (Å²) in [5.74, 6) is 0.837. The Balaban J connectivity index is 2.48. The first-order valence-corrected chi connectivity index (χ1v) is 6.84. The Bertz CT molecular complexity index is 637. The SMILES string of the molecule is CC(C)C(C)N(C)C(=O)c1cnc(N)c2ccccc12.